The van der Waals surface area contributed by atoms with Crippen molar-refractivity contribution >= 4 is 23.9 Å². The predicted octanol–water partition coefficient (Wildman–Crippen LogP) is 4.97. The van der Waals surface area contributed by atoms with E-state index in [0.29, 0.717) is 34.8 Å². The van der Waals surface area contributed by atoms with E-state index < -0.39 is 11.9 Å². The maximum atomic E-state index is 12.5. The summed E-state index contributed by atoms with van der Waals surface area (Å²) in [5.41, 5.74) is 2.90. The van der Waals surface area contributed by atoms with Gasteiger partial charge in [-0.25, -0.2) is 14.6 Å². The summed E-state index contributed by atoms with van der Waals surface area (Å²) in [4.78, 5) is 29.2. The molecule has 1 aliphatic heterocycles. The molecule has 3 aromatic rings. The molecular formula is C27H23NO6. The molecular weight excluding hydrogens is 434 g/mol. The molecule has 4 rings (SSSR count). The molecule has 0 aromatic heterocycles. The number of carbonyl (C=O) groups excluding carboxylic acids is 2. The van der Waals surface area contributed by atoms with Crippen LogP contribution in [0.3, 0.4) is 0 Å². The lowest BCUT2D eigenvalue weighted by atomic mass is 10.1. The van der Waals surface area contributed by atoms with Crippen LogP contribution in [-0.2, 0) is 9.53 Å². The molecule has 0 aliphatic carbocycles. The lowest BCUT2D eigenvalue weighted by Gasteiger charge is -2.11. The molecule has 0 fully saturated rings. The molecule has 7 heteroatoms. The third-order valence-corrected chi connectivity index (χ3v) is 5.00. The average Bonchev–Trinajstić information content (AvgIpc) is 3.21. The fourth-order valence-electron chi connectivity index (χ4n) is 3.26. The summed E-state index contributed by atoms with van der Waals surface area (Å²) < 4.78 is 21.8. The van der Waals surface area contributed by atoms with E-state index in [-0.39, 0.29) is 17.3 Å². The fraction of sp³-hybridized carbons (Fsp3) is 0.148. The van der Waals surface area contributed by atoms with Crippen LogP contribution in [0, 0.1) is 6.92 Å². The van der Waals surface area contributed by atoms with E-state index in [1.807, 2.05) is 26.0 Å². The Hall–Kier alpha value is -4.39. The maximum Gasteiger partial charge on any atom is 0.363 e. The third kappa shape index (κ3) is 5.15. The summed E-state index contributed by atoms with van der Waals surface area (Å²) in [6.07, 6.45) is 1.59. The molecule has 172 valence electrons. The van der Waals surface area contributed by atoms with Crippen LogP contribution < -0.4 is 14.2 Å². The van der Waals surface area contributed by atoms with Gasteiger partial charge in [-0.3, -0.25) is 0 Å². The highest BCUT2D eigenvalue weighted by atomic mass is 16.6. The van der Waals surface area contributed by atoms with Crippen LogP contribution in [0.25, 0.3) is 6.08 Å². The topological polar surface area (TPSA) is 83.4 Å². The standard InChI is InChI=1S/C27H23NO6/c1-4-32-24-15-18(10-13-23(24)33-26(29)19-11-8-17(2)9-12-19)14-22-27(30)34-25(28-22)20-6-5-7-21(16-20)31-3/h5-16H,4H2,1-3H3/b22-14-. The van der Waals surface area contributed by atoms with Crippen LogP contribution in [-0.4, -0.2) is 31.6 Å². The van der Waals surface area contributed by atoms with E-state index in [1.165, 1.54) is 0 Å². The van der Waals surface area contributed by atoms with Crippen molar-refractivity contribution in [1.82, 2.24) is 0 Å². The van der Waals surface area contributed by atoms with Crippen molar-refractivity contribution in [2.24, 2.45) is 4.99 Å². The minimum absolute atomic E-state index is 0.143. The Balaban J connectivity index is 1.59. The minimum Gasteiger partial charge on any atom is -0.497 e. The zero-order valence-electron chi connectivity index (χ0n) is 19.0. The van der Waals surface area contributed by atoms with E-state index in [2.05, 4.69) is 4.99 Å². The fourth-order valence-corrected chi connectivity index (χ4v) is 3.26. The smallest absolute Gasteiger partial charge is 0.363 e. The second-order valence-corrected chi connectivity index (χ2v) is 7.46. The Morgan fingerprint density at radius 2 is 1.82 bits per heavy atom. The highest BCUT2D eigenvalue weighted by molar-refractivity contribution is 6.13. The summed E-state index contributed by atoms with van der Waals surface area (Å²) in [5.74, 6) is 0.434. The second kappa shape index (κ2) is 10.0. The van der Waals surface area contributed by atoms with Crippen LogP contribution in [0.15, 0.2) is 77.4 Å². The van der Waals surface area contributed by atoms with E-state index in [4.69, 9.17) is 18.9 Å². The molecule has 1 heterocycles. The van der Waals surface area contributed by atoms with Crippen molar-refractivity contribution in [3.63, 3.8) is 0 Å². The van der Waals surface area contributed by atoms with Gasteiger partial charge in [0.05, 0.1) is 19.3 Å². The van der Waals surface area contributed by atoms with Crippen molar-refractivity contribution in [2.75, 3.05) is 13.7 Å². The zero-order chi connectivity index (χ0) is 24.1. The molecule has 0 N–H and O–H groups in total. The molecule has 0 saturated heterocycles. The first kappa shape index (κ1) is 22.8. The highest BCUT2D eigenvalue weighted by Crippen LogP contribution is 2.31. The number of aliphatic imine (C=N–C) groups is 1. The minimum atomic E-state index is -0.564. The van der Waals surface area contributed by atoms with E-state index in [9.17, 15) is 9.59 Å². The maximum absolute atomic E-state index is 12.5. The van der Waals surface area contributed by atoms with Gasteiger partial charge in [0, 0.05) is 5.56 Å². The molecule has 0 unspecified atom stereocenters. The molecule has 0 bridgehead atoms. The van der Waals surface area contributed by atoms with Gasteiger partial charge in [0.1, 0.15) is 5.75 Å². The van der Waals surface area contributed by atoms with Crippen LogP contribution in [0.2, 0.25) is 0 Å². The number of hydrogen-bond donors (Lipinski definition) is 0. The Bertz CT molecular complexity index is 1290. The normalized spacial score (nSPS) is 13.9. The first-order valence-corrected chi connectivity index (χ1v) is 10.7. The van der Waals surface area contributed by atoms with Crippen molar-refractivity contribution in [3.8, 4) is 17.2 Å². The Morgan fingerprint density at radius 3 is 2.56 bits per heavy atom. The van der Waals surface area contributed by atoms with Gasteiger partial charge in [0.15, 0.2) is 17.2 Å². The number of rotatable bonds is 7. The van der Waals surface area contributed by atoms with Gasteiger partial charge in [-0.2, -0.15) is 0 Å². The molecule has 34 heavy (non-hydrogen) atoms. The molecule has 0 radical (unpaired) electrons. The first-order chi connectivity index (χ1) is 16.5. The van der Waals surface area contributed by atoms with Crippen molar-refractivity contribution < 1.29 is 28.5 Å². The van der Waals surface area contributed by atoms with Crippen molar-refractivity contribution in [2.45, 2.75) is 13.8 Å². The van der Waals surface area contributed by atoms with Gasteiger partial charge >= 0.3 is 11.9 Å². The molecule has 3 aromatic carbocycles. The first-order valence-electron chi connectivity index (χ1n) is 10.7. The molecule has 1 aliphatic rings. The molecule has 0 amide bonds. The largest absolute Gasteiger partial charge is 0.497 e. The van der Waals surface area contributed by atoms with Gasteiger partial charge in [-0.05, 0) is 68.0 Å². The number of carbonyl (C=O) groups is 2. The number of nitrogens with zero attached hydrogens (tertiary/aromatic N) is 1. The summed E-state index contributed by atoms with van der Waals surface area (Å²) in [7, 11) is 1.56. The van der Waals surface area contributed by atoms with Crippen LogP contribution >= 0.6 is 0 Å². The number of esters is 2. The van der Waals surface area contributed by atoms with E-state index >= 15 is 0 Å². The third-order valence-electron chi connectivity index (χ3n) is 5.00. The van der Waals surface area contributed by atoms with Gasteiger partial charge < -0.3 is 18.9 Å². The van der Waals surface area contributed by atoms with Gasteiger partial charge in [0.25, 0.3) is 0 Å². The molecule has 7 nitrogen and oxygen atoms in total. The lowest BCUT2D eigenvalue weighted by molar-refractivity contribution is -0.129. The molecule has 0 spiro atoms. The quantitative estimate of drug-likeness (QED) is 0.283. The molecule has 0 atom stereocenters. The van der Waals surface area contributed by atoms with Gasteiger partial charge in [-0.15, -0.1) is 0 Å². The number of ether oxygens (including phenoxy) is 4. The number of cyclic esters (lactones) is 1. The Kier molecular flexibility index (Phi) is 6.73. The average molecular weight is 457 g/mol. The number of hydrogen-bond acceptors (Lipinski definition) is 7. The number of methoxy groups -OCH3 is 1. The zero-order valence-corrected chi connectivity index (χ0v) is 19.0. The summed E-state index contributed by atoms with van der Waals surface area (Å²) >= 11 is 0. The van der Waals surface area contributed by atoms with Crippen molar-refractivity contribution in [1.29, 1.82) is 0 Å². The number of aryl methyl sites for hydroxylation is 1. The van der Waals surface area contributed by atoms with Gasteiger partial charge in [-0.1, -0.05) is 29.8 Å². The Labute approximate surface area is 197 Å². The van der Waals surface area contributed by atoms with Gasteiger partial charge in [0.2, 0.25) is 5.90 Å². The molecule has 0 saturated carbocycles. The van der Waals surface area contributed by atoms with Crippen LogP contribution in [0.4, 0.5) is 0 Å². The SMILES string of the molecule is CCOc1cc(/C=C2\N=C(c3cccc(OC)c3)OC2=O)ccc1OC(=O)c1ccc(C)cc1. The highest BCUT2D eigenvalue weighted by Gasteiger charge is 2.24. The van der Waals surface area contributed by atoms with Crippen molar-refractivity contribution in [3.05, 3.63) is 94.7 Å². The predicted molar refractivity (Wildman–Crippen MR) is 127 cm³/mol. The monoisotopic (exact) mass is 457 g/mol. The lowest BCUT2D eigenvalue weighted by Crippen LogP contribution is -2.09. The summed E-state index contributed by atoms with van der Waals surface area (Å²) in [6, 6.07) is 19.2. The van der Waals surface area contributed by atoms with E-state index in [0.717, 1.165) is 5.56 Å². The Morgan fingerprint density at radius 1 is 1.03 bits per heavy atom. The van der Waals surface area contributed by atoms with E-state index in [1.54, 1.807) is 67.8 Å². The second-order valence-electron chi connectivity index (χ2n) is 7.46. The summed E-state index contributed by atoms with van der Waals surface area (Å²) in [6.45, 7) is 4.14. The van der Waals surface area contributed by atoms with Crippen LogP contribution in [0.5, 0.6) is 17.2 Å². The summed E-state index contributed by atoms with van der Waals surface area (Å²) in [5, 5.41) is 0. The van der Waals surface area contributed by atoms with Crippen LogP contribution in [0.1, 0.15) is 34.0 Å². The number of benzene rings is 3.